The zero-order valence-corrected chi connectivity index (χ0v) is 12.4. The molecule has 0 aliphatic carbocycles. The van der Waals surface area contributed by atoms with E-state index in [0.29, 0.717) is 16.5 Å². The molecule has 0 unspecified atom stereocenters. The second-order valence-electron chi connectivity index (χ2n) is 4.54. The number of carboxylic acid groups (broad SMARTS) is 1. The number of aromatic carboxylic acids is 1. The number of hydrogen-bond donors (Lipinski definition) is 2. The first kappa shape index (κ1) is 15.3. The van der Waals surface area contributed by atoms with E-state index in [9.17, 15) is 9.59 Å². The molecule has 1 aromatic carbocycles. The van der Waals surface area contributed by atoms with Gasteiger partial charge in [-0.2, -0.15) is 0 Å². The molecule has 0 radical (unpaired) electrons. The van der Waals surface area contributed by atoms with Crippen LogP contribution in [0, 0.1) is 0 Å². The van der Waals surface area contributed by atoms with Gasteiger partial charge in [0.25, 0.3) is 5.56 Å². The number of aromatic nitrogens is 2. The number of nitrogens with one attached hydrogen (secondary N) is 1. The largest absolute Gasteiger partial charge is 0.478 e. The summed E-state index contributed by atoms with van der Waals surface area (Å²) in [5.74, 6) is -0.506. The smallest absolute Gasteiger partial charge is 0.335 e. The number of thioether (sulfide) groups is 1. The molecule has 0 atom stereocenters. The van der Waals surface area contributed by atoms with E-state index in [1.54, 1.807) is 24.3 Å². The van der Waals surface area contributed by atoms with E-state index in [1.807, 2.05) is 6.92 Å². The van der Waals surface area contributed by atoms with Crippen molar-refractivity contribution in [3.8, 4) is 0 Å². The van der Waals surface area contributed by atoms with Crippen LogP contribution in [0.15, 0.2) is 40.3 Å². The predicted octanol–water partition coefficient (Wildman–Crippen LogP) is 2.71. The maximum absolute atomic E-state index is 11.6. The van der Waals surface area contributed by atoms with Crippen molar-refractivity contribution in [2.24, 2.45) is 0 Å². The molecule has 110 valence electrons. The Hall–Kier alpha value is -2.08. The zero-order chi connectivity index (χ0) is 15.2. The minimum Gasteiger partial charge on any atom is -0.478 e. The zero-order valence-electron chi connectivity index (χ0n) is 11.6. The minimum atomic E-state index is -0.951. The van der Waals surface area contributed by atoms with E-state index in [4.69, 9.17) is 5.11 Å². The molecule has 0 spiro atoms. The van der Waals surface area contributed by atoms with Crippen molar-refractivity contribution in [1.29, 1.82) is 0 Å². The second kappa shape index (κ2) is 7.08. The quantitative estimate of drug-likeness (QED) is 0.633. The molecule has 1 heterocycles. The Bertz CT molecular complexity index is 697. The average Bonchev–Trinajstić information content (AvgIpc) is 2.45. The van der Waals surface area contributed by atoms with Crippen LogP contribution in [-0.4, -0.2) is 21.0 Å². The molecule has 0 saturated carbocycles. The third-order valence-corrected chi connectivity index (χ3v) is 3.81. The summed E-state index contributed by atoms with van der Waals surface area (Å²) in [6.07, 6.45) is 1.67. The fourth-order valence-corrected chi connectivity index (χ4v) is 2.84. The topological polar surface area (TPSA) is 83.0 Å². The average molecular weight is 304 g/mol. The number of benzene rings is 1. The molecule has 5 nitrogen and oxygen atoms in total. The highest BCUT2D eigenvalue weighted by Gasteiger charge is 2.10. The highest BCUT2D eigenvalue weighted by atomic mass is 32.2. The molecule has 0 fully saturated rings. The Morgan fingerprint density at radius 3 is 2.86 bits per heavy atom. The molecule has 0 aliphatic rings. The van der Waals surface area contributed by atoms with E-state index >= 15 is 0 Å². The third kappa shape index (κ3) is 4.19. The lowest BCUT2D eigenvalue weighted by atomic mass is 10.1. The molecule has 0 bridgehead atoms. The molecule has 0 saturated heterocycles. The van der Waals surface area contributed by atoms with E-state index in [2.05, 4.69) is 9.97 Å². The summed E-state index contributed by atoms with van der Waals surface area (Å²) in [7, 11) is 0. The molecule has 6 heteroatoms. The van der Waals surface area contributed by atoms with Gasteiger partial charge in [-0.1, -0.05) is 43.3 Å². The normalized spacial score (nSPS) is 10.5. The van der Waals surface area contributed by atoms with Crippen LogP contribution in [0.1, 0.15) is 35.0 Å². The summed E-state index contributed by atoms with van der Waals surface area (Å²) in [6.45, 7) is 2.03. The van der Waals surface area contributed by atoms with Gasteiger partial charge >= 0.3 is 5.97 Å². The first-order chi connectivity index (χ1) is 10.1. The van der Waals surface area contributed by atoms with E-state index in [0.717, 1.165) is 18.5 Å². The Balaban J connectivity index is 2.17. The van der Waals surface area contributed by atoms with E-state index in [1.165, 1.54) is 17.8 Å². The van der Waals surface area contributed by atoms with Gasteiger partial charge in [0.2, 0.25) is 0 Å². The predicted molar refractivity (Wildman–Crippen MR) is 81.8 cm³/mol. The number of carbonyl (C=O) groups is 1. The van der Waals surface area contributed by atoms with Crippen LogP contribution >= 0.6 is 11.8 Å². The number of aromatic amines is 1. The molecule has 0 aliphatic heterocycles. The van der Waals surface area contributed by atoms with Gasteiger partial charge in [-0.3, -0.25) is 4.79 Å². The van der Waals surface area contributed by atoms with E-state index < -0.39 is 5.97 Å². The SMILES string of the molecule is CCCc1cc(=O)[nH]c(SCc2ccccc2C(=O)O)n1. The van der Waals surface area contributed by atoms with Gasteiger partial charge < -0.3 is 10.1 Å². The maximum Gasteiger partial charge on any atom is 0.335 e. The lowest BCUT2D eigenvalue weighted by Crippen LogP contribution is -2.10. The first-order valence-electron chi connectivity index (χ1n) is 6.64. The van der Waals surface area contributed by atoms with Gasteiger partial charge in [-0.15, -0.1) is 0 Å². The van der Waals surface area contributed by atoms with Crippen molar-refractivity contribution >= 4 is 17.7 Å². The monoisotopic (exact) mass is 304 g/mol. The van der Waals surface area contributed by atoms with Crippen molar-refractivity contribution in [2.75, 3.05) is 0 Å². The van der Waals surface area contributed by atoms with Crippen LogP contribution in [0.5, 0.6) is 0 Å². The molecular weight excluding hydrogens is 288 g/mol. The second-order valence-corrected chi connectivity index (χ2v) is 5.51. The highest BCUT2D eigenvalue weighted by molar-refractivity contribution is 7.98. The summed E-state index contributed by atoms with van der Waals surface area (Å²) in [6, 6.07) is 8.33. The van der Waals surface area contributed by atoms with Crippen LogP contribution in [0.3, 0.4) is 0 Å². The van der Waals surface area contributed by atoms with Crippen LogP contribution in [0.4, 0.5) is 0 Å². The number of H-pyrrole nitrogens is 1. The summed E-state index contributed by atoms with van der Waals surface area (Å²) >= 11 is 1.33. The lowest BCUT2D eigenvalue weighted by Gasteiger charge is -2.06. The van der Waals surface area contributed by atoms with Crippen molar-refractivity contribution in [1.82, 2.24) is 9.97 Å². The third-order valence-electron chi connectivity index (χ3n) is 2.89. The van der Waals surface area contributed by atoms with Gasteiger partial charge in [0.05, 0.1) is 5.56 Å². The molecule has 1 aromatic heterocycles. The van der Waals surface area contributed by atoms with Crippen molar-refractivity contribution < 1.29 is 9.90 Å². The molecule has 2 N–H and O–H groups in total. The van der Waals surface area contributed by atoms with Gasteiger partial charge in [-0.05, 0) is 18.1 Å². The van der Waals surface area contributed by atoms with Crippen molar-refractivity contribution in [3.05, 3.63) is 57.5 Å². The Morgan fingerprint density at radius 1 is 1.38 bits per heavy atom. The number of nitrogens with zero attached hydrogens (tertiary/aromatic N) is 1. The number of rotatable bonds is 6. The first-order valence-corrected chi connectivity index (χ1v) is 7.63. The van der Waals surface area contributed by atoms with Crippen molar-refractivity contribution in [3.63, 3.8) is 0 Å². The van der Waals surface area contributed by atoms with E-state index in [-0.39, 0.29) is 11.1 Å². The summed E-state index contributed by atoms with van der Waals surface area (Å²) < 4.78 is 0. The maximum atomic E-state index is 11.6. The van der Waals surface area contributed by atoms with Crippen LogP contribution in [0.25, 0.3) is 0 Å². The van der Waals surface area contributed by atoms with Gasteiger partial charge in [0.15, 0.2) is 5.16 Å². The lowest BCUT2D eigenvalue weighted by molar-refractivity contribution is 0.0696. The molecular formula is C15H16N2O3S. The standard InChI is InChI=1S/C15H16N2O3S/c1-2-5-11-8-13(18)17-15(16-11)21-9-10-6-3-4-7-12(10)14(19)20/h3-4,6-8H,2,5,9H2,1H3,(H,19,20)(H,16,17,18). The molecule has 21 heavy (non-hydrogen) atoms. The van der Waals surface area contributed by atoms with Crippen LogP contribution < -0.4 is 5.56 Å². The van der Waals surface area contributed by atoms with Gasteiger partial charge in [0, 0.05) is 17.5 Å². The Morgan fingerprint density at radius 2 is 2.14 bits per heavy atom. The molecule has 2 aromatic rings. The summed E-state index contributed by atoms with van der Waals surface area (Å²) in [4.78, 5) is 29.8. The number of carboxylic acids is 1. The summed E-state index contributed by atoms with van der Waals surface area (Å²) in [5, 5.41) is 9.66. The number of hydrogen-bond acceptors (Lipinski definition) is 4. The fraction of sp³-hybridized carbons (Fsp3) is 0.267. The summed E-state index contributed by atoms with van der Waals surface area (Å²) in [5.41, 5.74) is 1.56. The van der Waals surface area contributed by atoms with Gasteiger partial charge in [0.1, 0.15) is 0 Å². The van der Waals surface area contributed by atoms with Crippen LogP contribution in [-0.2, 0) is 12.2 Å². The minimum absolute atomic E-state index is 0.178. The molecule has 0 amide bonds. The number of aryl methyl sites for hydroxylation is 1. The van der Waals surface area contributed by atoms with Crippen molar-refractivity contribution in [2.45, 2.75) is 30.7 Å². The highest BCUT2D eigenvalue weighted by Crippen LogP contribution is 2.21. The fourth-order valence-electron chi connectivity index (χ4n) is 1.94. The Kier molecular flexibility index (Phi) is 5.16. The van der Waals surface area contributed by atoms with Crippen LogP contribution in [0.2, 0.25) is 0 Å². The Labute approximate surface area is 126 Å². The van der Waals surface area contributed by atoms with Gasteiger partial charge in [-0.25, -0.2) is 9.78 Å². The molecule has 2 rings (SSSR count).